The Hall–Kier alpha value is -2.05. The lowest BCUT2D eigenvalue weighted by Gasteiger charge is -2.08. The van der Waals surface area contributed by atoms with Crippen molar-refractivity contribution in [3.05, 3.63) is 42.6 Å². The van der Waals surface area contributed by atoms with Gasteiger partial charge in [0.25, 0.3) is 0 Å². The van der Waals surface area contributed by atoms with Crippen molar-refractivity contribution >= 4 is 5.82 Å². The van der Waals surface area contributed by atoms with E-state index in [1.54, 1.807) is 12.5 Å². The molecule has 102 valence electrons. The third kappa shape index (κ3) is 3.97. The Bertz CT molecular complexity index is 491. The van der Waals surface area contributed by atoms with Gasteiger partial charge >= 0.3 is 6.18 Å². The third-order valence-corrected chi connectivity index (χ3v) is 2.55. The first-order chi connectivity index (χ1) is 9.05. The number of hydrogen-bond acceptors (Lipinski definition) is 3. The fourth-order valence-electron chi connectivity index (χ4n) is 1.56. The van der Waals surface area contributed by atoms with Gasteiger partial charge in [-0.3, -0.25) is 0 Å². The smallest absolute Gasteiger partial charge is 0.370 e. The summed E-state index contributed by atoms with van der Waals surface area (Å²) in [7, 11) is 0. The van der Waals surface area contributed by atoms with Crippen LogP contribution in [0.2, 0.25) is 0 Å². The molecular formula is C12H13F3N4. The summed E-state index contributed by atoms with van der Waals surface area (Å²) in [5.41, 5.74) is -0.739. The number of aromatic nitrogens is 3. The first-order valence-corrected chi connectivity index (χ1v) is 5.78. The molecule has 0 atom stereocenters. The molecule has 4 nitrogen and oxygen atoms in total. The molecule has 0 bridgehead atoms. The molecule has 2 rings (SSSR count). The summed E-state index contributed by atoms with van der Waals surface area (Å²) in [4.78, 5) is 7.64. The van der Waals surface area contributed by atoms with Crippen molar-refractivity contribution in [2.45, 2.75) is 19.1 Å². The Morgan fingerprint density at radius 3 is 2.68 bits per heavy atom. The first kappa shape index (κ1) is 13.4. The summed E-state index contributed by atoms with van der Waals surface area (Å²) in [6.07, 6.45) is 2.60. The topological polar surface area (TPSA) is 42.7 Å². The van der Waals surface area contributed by atoms with Crippen LogP contribution in [0.4, 0.5) is 19.0 Å². The lowest BCUT2D eigenvalue weighted by atomic mass is 10.3. The highest BCUT2D eigenvalue weighted by Crippen LogP contribution is 2.28. The van der Waals surface area contributed by atoms with E-state index in [-0.39, 0.29) is 0 Å². The van der Waals surface area contributed by atoms with Gasteiger partial charge in [0.15, 0.2) is 0 Å². The van der Waals surface area contributed by atoms with E-state index in [1.807, 2.05) is 10.8 Å². The third-order valence-electron chi connectivity index (χ3n) is 2.55. The number of halogens is 3. The number of imidazole rings is 1. The van der Waals surface area contributed by atoms with Crippen molar-refractivity contribution in [3.63, 3.8) is 0 Å². The molecule has 7 heteroatoms. The standard InChI is InChI=1S/C12H13F3N4/c13-12(14,15)10-2-3-11(18-8-10)17-4-1-6-19-7-5-16-9-19/h2-3,5,7-9H,1,4,6H2,(H,17,18). The van der Waals surface area contributed by atoms with Crippen LogP contribution < -0.4 is 5.32 Å². The van der Waals surface area contributed by atoms with Crippen LogP contribution in [0.1, 0.15) is 12.0 Å². The molecule has 0 radical (unpaired) electrons. The van der Waals surface area contributed by atoms with Gasteiger partial charge in [0, 0.05) is 31.7 Å². The van der Waals surface area contributed by atoms with Crippen LogP contribution in [0.25, 0.3) is 0 Å². The average Bonchev–Trinajstić information content (AvgIpc) is 2.87. The zero-order valence-corrected chi connectivity index (χ0v) is 10.1. The van der Waals surface area contributed by atoms with Crippen molar-refractivity contribution < 1.29 is 13.2 Å². The minimum absolute atomic E-state index is 0.443. The Morgan fingerprint density at radius 1 is 1.26 bits per heavy atom. The molecule has 0 unspecified atom stereocenters. The van der Waals surface area contributed by atoms with Crippen molar-refractivity contribution in [2.24, 2.45) is 0 Å². The summed E-state index contributed by atoms with van der Waals surface area (Å²) in [5, 5.41) is 2.97. The molecule has 2 heterocycles. The quantitative estimate of drug-likeness (QED) is 0.849. The summed E-state index contributed by atoms with van der Waals surface area (Å²) in [5.74, 6) is 0.443. The Labute approximate surface area is 108 Å². The zero-order chi connectivity index (χ0) is 13.7. The zero-order valence-electron chi connectivity index (χ0n) is 10.1. The van der Waals surface area contributed by atoms with Gasteiger partial charge in [-0.15, -0.1) is 0 Å². The lowest BCUT2D eigenvalue weighted by Crippen LogP contribution is -2.09. The van der Waals surface area contributed by atoms with Crippen molar-refractivity contribution in [2.75, 3.05) is 11.9 Å². The van der Waals surface area contributed by atoms with E-state index < -0.39 is 11.7 Å². The second-order valence-electron chi connectivity index (χ2n) is 4.01. The van der Waals surface area contributed by atoms with Crippen LogP contribution >= 0.6 is 0 Å². The normalized spacial score (nSPS) is 11.5. The Morgan fingerprint density at radius 2 is 2.11 bits per heavy atom. The van der Waals surface area contributed by atoms with E-state index in [9.17, 15) is 13.2 Å². The van der Waals surface area contributed by atoms with Crippen LogP contribution in [0.5, 0.6) is 0 Å². The summed E-state index contributed by atoms with van der Waals surface area (Å²) in [6, 6.07) is 2.35. The number of alkyl halides is 3. The monoisotopic (exact) mass is 270 g/mol. The van der Waals surface area contributed by atoms with Crippen LogP contribution in [0.3, 0.4) is 0 Å². The van der Waals surface area contributed by atoms with Gasteiger partial charge in [-0.25, -0.2) is 9.97 Å². The minimum Gasteiger partial charge on any atom is -0.370 e. The molecule has 0 aliphatic heterocycles. The lowest BCUT2D eigenvalue weighted by molar-refractivity contribution is -0.137. The molecular weight excluding hydrogens is 257 g/mol. The second-order valence-corrected chi connectivity index (χ2v) is 4.01. The maximum absolute atomic E-state index is 12.3. The van der Waals surface area contributed by atoms with E-state index in [1.165, 1.54) is 6.07 Å². The minimum atomic E-state index is -4.34. The van der Waals surface area contributed by atoms with Gasteiger partial charge in [-0.05, 0) is 18.6 Å². The van der Waals surface area contributed by atoms with Gasteiger partial charge in [-0.1, -0.05) is 0 Å². The van der Waals surface area contributed by atoms with E-state index in [4.69, 9.17) is 0 Å². The highest BCUT2D eigenvalue weighted by atomic mass is 19.4. The van der Waals surface area contributed by atoms with Gasteiger partial charge in [-0.2, -0.15) is 13.2 Å². The summed E-state index contributed by atoms with van der Waals surface area (Å²) < 4.78 is 38.9. The molecule has 19 heavy (non-hydrogen) atoms. The van der Waals surface area contributed by atoms with E-state index in [2.05, 4.69) is 15.3 Å². The van der Waals surface area contributed by atoms with Crippen molar-refractivity contribution in [1.29, 1.82) is 0 Å². The molecule has 0 aliphatic carbocycles. The van der Waals surface area contributed by atoms with Crippen LogP contribution in [0.15, 0.2) is 37.1 Å². The van der Waals surface area contributed by atoms with Crippen LogP contribution in [-0.2, 0) is 12.7 Å². The van der Waals surface area contributed by atoms with E-state index >= 15 is 0 Å². The van der Waals surface area contributed by atoms with Crippen molar-refractivity contribution in [3.8, 4) is 0 Å². The number of nitrogens with one attached hydrogen (secondary N) is 1. The largest absolute Gasteiger partial charge is 0.417 e. The van der Waals surface area contributed by atoms with Crippen LogP contribution in [-0.4, -0.2) is 21.1 Å². The number of aryl methyl sites for hydroxylation is 1. The van der Waals surface area contributed by atoms with Crippen molar-refractivity contribution in [1.82, 2.24) is 14.5 Å². The summed E-state index contributed by atoms with van der Waals surface area (Å²) in [6.45, 7) is 1.43. The van der Waals surface area contributed by atoms with Gasteiger partial charge in [0.2, 0.25) is 0 Å². The first-order valence-electron chi connectivity index (χ1n) is 5.78. The number of rotatable bonds is 5. The maximum Gasteiger partial charge on any atom is 0.417 e. The van der Waals surface area contributed by atoms with Gasteiger partial charge in [0.05, 0.1) is 11.9 Å². The number of nitrogens with zero attached hydrogens (tertiary/aromatic N) is 3. The second kappa shape index (κ2) is 5.73. The Kier molecular flexibility index (Phi) is 4.03. The van der Waals surface area contributed by atoms with Crippen LogP contribution in [0, 0.1) is 0 Å². The van der Waals surface area contributed by atoms with E-state index in [0.29, 0.717) is 12.4 Å². The number of pyridine rings is 1. The fraction of sp³-hybridized carbons (Fsp3) is 0.333. The number of hydrogen-bond donors (Lipinski definition) is 1. The highest BCUT2D eigenvalue weighted by molar-refractivity contribution is 5.35. The molecule has 2 aromatic rings. The molecule has 1 N–H and O–H groups in total. The molecule has 0 aromatic carbocycles. The SMILES string of the molecule is FC(F)(F)c1ccc(NCCCn2ccnc2)nc1. The Balaban J connectivity index is 1.77. The fourth-order valence-corrected chi connectivity index (χ4v) is 1.56. The molecule has 0 amide bonds. The molecule has 0 saturated carbocycles. The highest BCUT2D eigenvalue weighted by Gasteiger charge is 2.30. The molecule has 0 saturated heterocycles. The van der Waals surface area contributed by atoms with Gasteiger partial charge < -0.3 is 9.88 Å². The average molecular weight is 270 g/mol. The molecule has 0 fully saturated rings. The maximum atomic E-state index is 12.3. The predicted octanol–water partition coefficient (Wildman–Crippen LogP) is 2.80. The van der Waals surface area contributed by atoms with E-state index in [0.717, 1.165) is 25.2 Å². The predicted molar refractivity (Wildman–Crippen MR) is 64.6 cm³/mol. The molecule has 2 aromatic heterocycles. The molecule has 0 aliphatic rings. The number of anilines is 1. The van der Waals surface area contributed by atoms with Gasteiger partial charge in [0.1, 0.15) is 5.82 Å². The molecule has 0 spiro atoms. The summed E-state index contributed by atoms with van der Waals surface area (Å²) >= 11 is 0.